The third-order valence-electron chi connectivity index (χ3n) is 4.31. The average Bonchev–Trinajstić information content (AvgIpc) is 3.14. The predicted octanol–water partition coefficient (Wildman–Crippen LogP) is 2.18. The molecule has 7 heteroatoms. The highest BCUT2D eigenvalue weighted by Gasteiger charge is 2.49. The Balaban J connectivity index is 1.85. The summed E-state index contributed by atoms with van der Waals surface area (Å²) in [5.74, 6) is -0.225. The Bertz CT molecular complexity index is 1030. The van der Waals surface area contributed by atoms with E-state index in [9.17, 15) is 4.79 Å². The Kier molecular flexibility index (Phi) is 3.84. The standard InChI is InChI=1S/C19H16N4O3/c1-12-3-6-21-15(7-12)17-23-19(11-26-17,18(24)25-2)16-8-13-4-5-20-9-14(13)10-22-16/h3-10H,11H2,1-2H3. The Hall–Kier alpha value is -3.35. The van der Waals surface area contributed by atoms with E-state index in [1.165, 1.54) is 7.11 Å². The zero-order valence-electron chi connectivity index (χ0n) is 14.3. The van der Waals surface area contributed by atoms with Gasteiger partial charge in [0.15, 0.2) is 0 Å². The van der Waals surface area contributed by atoms with Crippen LogP contribution < -0.4 is 0 Å². The molecule has 7 nitrogen and oxygen atoms in total. The van der Waals surface area contributed by atoms with Crippen LogP contribution in [0.3, 0.4) is 0 Å². The lowest BCUT2D eigenvalue weighted by Crippen LogP contribution is -2.37. The number of aromatic nitrogens is 3. The molecule has 0 amide bonds. The smallest absolute Gasteiger partial charge is 0.343 e. The van der Waals surface area contributed by atoms with Gasteiger partial charge < -0.3 is 9.47 Å². The molecule has 4 rings (SSSR count). The van der Waals surface area contributed by atoms with Gasteiger partial charge in [-0.05, 0) is 42.1 Å². The van der Waals surface area contributed by atoms with Gasteiger partial charge in [-0.25, -0.2) is 9.79 Å². The fraction of sp³-hybridized carbons (Fsp3) is 0.211. The first-order valence-corrected chi connectivity index (χ1v) is 8.07. The minimum Gasteiger partial charge on any atom is -0.473 e. The van der Waals surface area contributed by atoms with Crippen molar-refractivity contribution in [2.24, 2.45) is 4.99 Å². The van der Waals surface area contributed by atoms with Crippen molar-refractivity contribution in [2.45, 2.75) is 12.5 Å². The molecule has 0 saturated carbocycles. The van der Waals surface area contributed by atoms with Crippen LogP contribution in [0.2, 0.25) is 0 Å². The maximum Gasteiger partial charge on any atom is 0.343 e. The molecular weight excluding hydrogens is 332 g/mol. The van der Waals surface area contributed by atoms with E-state index in [2.05, 4.69) is 19.9 Å². The largest absolute Gasteiger partial charge is 0.473 e. The van der Waals surface area contributed by atoms with Gasteiger partial charge in [-0.3, -0.25) is 15.0 Å². The summed E-state index contributed by atoms with van der Waals surface area (Å²) in [6, 6.07) is 7.40. The van der Waals surface area contributed by atoms with Gasteiger partial charge in [0, 0.05) is 30.2 Å². The highest BCUT2D eigenvalue weighted by molar-refractivity contribution is 5.98. The monoisotopic (exact) mass is 348 g/mol. The van der Waals surface area contributed by atoms with Crippen molar-refractivity contribution in [3.63, 3.8) is 0 Å². The molecule has 0 aromatic carbocycles. The molecule has 1 unspecified atom stereocenters. The fourth-order valence-electron chi connectivity index (χ4n) is 2.91. The van der Waals surface area contributed by atoms with Gasteiger partial charge in [0.1, 0.15) is 12.3 Å². The fourth-order valence-corrected chi connectivity index (χ4v) is 2.91. The van der Waals surface area contributed by atoms with Crippen LogP contribution in [0.15, 0.2) is 54.0 Å². The van der Waals surface area contributed by atoms with Crippen molar-refractivity contribution in [2.75, 3.05) is 13.7 Å². The molecular formula is C19H16N4O3. The Labute approximate surface area is 149 Å². The van der Waals surface area contributed by atoms with Crippen molar-refractivity contribution in [1.82, 2.24) is 15.0 Å². The van der Waals surface area contributed by atoms with E-state index in [0.29, 0.717) is 17.3 Å². The number of pyridine rings is 3. The van der Waals surface area contributed by atoms with Gasteiger partial charge in [0.05, 0.1) is 12.8 Å². The number of hydrogen-bond acceptors (Lipinski definition) is 7. The van der Waals surface area contributed by atoms with E-state index in [0.717, 1.165) is 16.3 Å². The number of methoxy groups -OCH3 is 1. The maximum absolute atomic E-state index is 12.6. The summed E-state index contributed by atoms with van der Waals surface area (Å²) < 4.78 is 10.7. The Morgan fingerprint density at radius 3 is 2.85 bits per heavy atom. The van der Waals surface area contributed by atoms with E-state index in [-0.39, 0.29) is 6.61 Å². The van der Waals surface area contributed by atoms with Gasteiger partial charge >= 0.3 is 5.97 Å². The van der Waals surface area contributed by atoms with Gasteiger partial charge in [0.2, 0.25) is 11.4 Å². The summed E-state index contributed by atoms with van der Waals surface area (Å²) in [6.45, 7) is 1.96. The first kappa shape index (κ1) is 16.1. The van der Waals surface area contributed by atoms with Crippen molar-refractivity contribution in [1.29, 1.82) is 0 Å². The number of aliphatic imine (C=N–C) groups is 1. The number of nitrogens with zero attached hydrogens (tertiary/aromatic N) is 4. The van der Waals surface area contributed by atoms with Crippen molar-refractivity contribution >= 4 is 22.6 Å². The molecule has 0 fully saturated rings. The third-order valence-corrected chi connectivity index (χ3v) is 4.31. The molecule has 3 aromatic rings. The van der Waals surface area contributed by atoms with Crippen LogP contribution in [-0.2, 0) is 19.8 Å². The minimum absolute atomic E-state index is 0.00815. The lowest BCUT2D eigenvalue weighted by Gasteiger charge is -2.20. The summed E-state index contributed by atoms with van der Waals surface area (Å²) in [5, 5.41) is 1.78. The predicted molar refractivity (Wildman–Crippen MR) is 94.7 cm³/mol. The van der Waals surface area contributed by atoms with Crippen LogP contribution >= 0.6 is 0 Å². The molecule has 4 heterocycles. The molecule has 0 aliphatic carbocycles. The molecule has 26 heavy (non-hydrogen) atoms. The third kappa shape index (κ3) is 2.57. The number of rotatable bonds is 3. The molecule has 130 valence electrons. The SMILES string of the molecule is COC(=O)C1(c2cc3ccncc3cn2)COC(c2cc(C)ccn2)=N1. The maximum atomic E-state index is 12.6. The highest BCUT2D eigenvalue weighted by atomic mass is 16.5. The van der Waals surface area contributed by atoms with Crippen LogP contribution in [0.5, 0.6) is 0 Å². The first-order valence-electron chi connectivity index (χ1n) is 8.07. The van der Waals surface area contributed by atoms with Crippen LogP contribution in [0, 0.1) is 6.92 Å². The van der Waals surface area contributed by atoms with Crippen molar-refractivity contribution < 1.29 is 14.3 Å². The normalized spacial score (nSPS) is 19.1. The molecule has 0 bridgehead atoms. The molecule has 0 spiro atoms. The number of esters is 1. The lowest BCUT2D eigenvalue weighted by atomic mass is 9.95. The van der Waals surface area contributed by atoms with Gasteiger partial charge in [0.25, 0.3) is 0 Å². The molecule has 0 saturated heterocycles. The molecule has 1 aliphatic heterocycles. The van der Waals surface area contributed by atoms with Crippen LogP contribution in [0.4, 0.5) is 0 Å². The molecule has 0 N–H and O–H groups in total. The summed E-state index contributed by atoms with van der Waals surface area (Å²) in [5.41, 5.74) is 0.701. The van der Waals surface area contributed by atoms with Gasteiger partial charge in [-0.15, -0.1) is 0 Å². The van der Waals surface area contributed by atoms with E-state index < -0.39 is 11.5 Å². The zero-order chi connectivity index (χ0) is 18.1. The second-order valence-corrected chi connectivity index (χ2v) is 6.07. The van der Waals surface area contributed by atoms with E-state index in [1.807, 2.05) is 31.2 Å². The Morgan fingerprint density at radius 2 is 2.04 bits per heavy atom. The number of aryl methyl sites for hydroxylation is 1. The average molecular weight is 348 g/mol. The minimum atomic E-state index is -1.35. The van der Waals surface area contributed by atoms with Crippen LogP contribution in [0.1, 0.15) is 17.0 Å². The molecule has 1 aliphatic rings. The van der Waals surface area contributed by atoms with E-state index in [4.69, 9.17) is 9.47 Å². The van der Waals surface area contributed by atoms with E-state index in [1.54, 1.807) is 24.8 Å². The first-order chi connectivity index (χ1) is 12.6. The lowest BCUT2D eigenvalue weighted by molar-refractivity contribution is -0.148. The quantitative estimate of drug-likeness (QED) is 0.674. The van der Waals surface area contributed by atoms with Gasteiger partial charge in [-0.2, -0.15) is 0 Å². The Morgan fingerprint density at radius 1 is 1.15 bits per heavy atom. The molecule has 0 radical (unpaired) electrons. The summed E-state index contributed by atoms with van der Waals surface area (Å²) in [7, 11) is 1.33. The second kappa shape index (κ2) is 6.18. The van der Waals surface area contributed by atoms with Crippen LogP contribution in [-0.4, -0.2) is 40.5 Å². The number of ether oxygens (including phenoxy) is 2. The number of hydrogen-bond donors (Lipinski definition) is 0. The van der Waals surface area contributed by atoms with E-state index >= 15 is 0 Å². The topological polar surface area (TPSA) is 86.6 Å². The highest BCUT2D eigenvalue weighted by Crippen LogP contribution is 2.33. The summed E-state index contributed by atoms with van der Waals surface area (Å²) in [4.78, 5) is 30.0. The van der Waals surface area contributed by atoms with Crippen molar-refractivity contribution in [3.8, 4) is 0 Å². The second-order valence-electron chi connectivity index (χ2n) is 6.07. The van der Waals surface area contributed by atoms with Crippen molar-refractivity contribution in [3.05, 3.63) is 66.0 Å². The summed E-state index contributed by atoms with van der Waals surface area (Å²) >= 11 is 0. The molecule has 3 aromatic heterocycles. The number of fused-ring (bicyclic) bond motifs is 1. The number of carbonyl (C=O) groups is 1. The molecule has 1 atom stereocenters. The van der Waals surface area contributed by atoms with Gasteiger partial charge in [-0.1, -0.05) is 0 Å². The van der Waals surface area contributed by atoms with Crippen LogP contribution in [0.25, 0.3) is 10.8 Å². The number of carbonyl (C=O) groups excluding carboxylic acids is 1. The zero-order valence-corrected chi connectivity index (χ0v) is 14.3. The summed E-state index contributed by atoms with van der Waals surface area (Å²) in [6.07, 6.45) is 6.75.